The van der Waals surface area contributed by atoms with Gasteiger partial charge in [0.15, 0.2) is 0 Å². The molecule has 0 bridgehead atoms. The Morgan fingerprint density at radius 3 is 2.43 bits per heavy atom. The molecule has 2 heterocycles. The molecule has 0 atom stereocenters. The predicted molar refractivity (Wildman–Crippen MR) is 97.2 cm³/mol. The van der Waals surface area contributed by atoms with Gasteiger partial charge in [0.25, 0.3) is 5.56 Å². The lowest BCUT2D eigenvalue weighted by molar-refractivity contribution is -0.141. The van der Waals surface area contributed by atoms with Crippen LogP contribution >= 0.6 is 0 Å². The number of fused-ring (bicyclic) bond motifs is 1. The number of halogens is 3. The Labute approximate surface area is 156 Å². The van der Waals surface area contributed by atoms with Gasteiger partial charge >= 0.3 is 12.1 Å². The van der Waals surface area contributed by atoms with E-state index < -0.39 is 29.0 Å². The molecule has 10 heteroatoms. The number of carbonyl (C=O) groups is 1. The number of rotatable bonds is 2. The lowest BCUT2D eigenvalue weighted by atomic mass is 10.1. The third-order valence-electron chi connectivity index (χ3n) is 4.21. The van der Waals surface area contributed by atoms with Crippen molar-refractivity contribution in [3.8, 4) is 5.69 Å². The molecule has 0 aliphatic heterocycles. The van der Waals surface area contributed by atoms with Gasteiger partial charge in [-0.3, -0.25) is 9.36 Å². The maximum atomic E-state index is 13.2. The van der Waals surface area contributed by atoms with Gasteiger partial charge in [0.05, 0.1) is 18.5 Å². The largest absolute Gasteiger partial charge is 0.465 e. The lowest BCUT2D eigenvalue weighted by Crippen LogP contribution is -2.29. The Kier molecular flexibility index (Phi) is 4.50. The highest BCUT2D eigenvalue weighted by atomic mass is 19.4. The van der Waals surface area contributed by atoms with Crippen LogP contribution in [0.15, 0.2) is 35.1 Å². The number of hydrogen-bond acceptors (Lipinski definition) is 6. The standard InChI is InChI=1S/C18H15F3N4O3/c1-8-7-9(22)3-5-11(8)25-15-10(4-6-12(24-15)18(19,20)21)14(23)13(16(25)26)17(27)28-2/h3-7H,22-23H2,1-2H3. The van der Waals surface area contributed by atoms with Crippen molar-refractivity contribution in [1.29, 1.82) is 0 Å². The van der Waals surface area contributed by atoms with E-state index in [1.54, 1.807) is 6.92 Å². The summed E-state index contributed by atoms with van der Waals surface area (Å²) in [5.74, 6) is -1.01. The summed E-state index contributed by atoms with van der Waals surface area (Å²) in [7, 11) is 1.06. The van der Waals surface area contributed by atoms with Crippen molar-refractivity contribution in [2.24, 2.45) is 0 Å². The Bertz CT molecular complexity index is 1170. The second-order valence-electron chi connectivity index (χ2n) is 6.03. The number of methoxy groups -OCH3 is 1. The minimum absolute atomic E-state index is 0.00391. The summed E-state index contributed by atoms with van der Waals surface area (Å²) in [6, 6.07) is 6.25. The SMILES string of the molecule is COC(=O)c1c(N)c2ccc(C(F)(F)F)nc2n(-c2ccc(N)cc2C)c1=O. The van der Waals surface area contributed by atoms with Gasteiger partial charge in [0.1, 0.15) is 16.9 Å². The highest BCUT2D eigenvalue weighted by Gasteiger charge is 2.34. The van der Waals surface area contributed by atoms with Crippen LogP contribution in [0.3, 0.4) is 0 Å². The Hall–Kier alpha value is -3.56. The van der Waals surface area contributed by atoms with Crippen molar-refractivity contribution in [3.63, 3.8) is 0 Å². The van der Waals surface area contributed by atoms with Crippen molar-refractivity contribution in [3.05, 3.63) is 57.5 Å². The highest BCUT2D eigenvalue weighted by molar-refractivity contribution is 6.03. The third-order valence-corrected chi connectivity index (χ3v) is 4.21. The van der Waals surface area contributed by atoms with Crippen molar-refractivity contribution < 1.29 is 22.7 Å². The zero-order chi connectivity index (χ0) is 20.8. The van der Waals surface area contributed by atoms with E-state index in [1.165, 1.54) is 18.2 Å². The molecule has 3 aromatic rings. The molecule has 1 aromatic carbocycles. The van der Waals surface area contributed by atoms with Gasteiger partial charge in [-0.1, -0.05) is 0 Å². The molecule has 3 rings (SSSR count). The molecule has 0 saturated carbocycles. The molecule has 28 heavy (non-hydrogen) atoms. The smallest absolute Gasteiger partial charge is 0.433 e. The number of esters is 1. The van der Waals surface area contributed by atoms with Gasteiger partial charge < -0.3 is 16.2 Å². The first kappa shape index (κ1) is 19.2. The zero-order valence-electron chi connectivity index (χ0n) is 14.8. The summed E-state index contributed by atoms with van der Waals surface area (Å²) < 4.78 is 45.0. The van der Waals surface area contributed by atoms with Gasteiger partial charge in [0, 0.05) is 11.1 Å². The summed E-state index contributed by atoms with van der Waals surface area (Å²) in [6.45, 7) is 1.62. The predicted octanol–water partition coefficient (Wildman–Crippen LogP) is 2.66. The van der Waals surface area contributed by atoms with Crippen LogP contribution in [0.5, 0.6) is 0 Å². The third kappa shape index (κ3) is 3.02. The molecule has 0 fully saturated rings. The van der Waals surface area contributed by atoms with Crippen LogP contribution < -0.4 is 17.0 Å². The van der Waals surface area contributed by atoms with Gasteiger partial charge in [-0.2, -0.15) is 13.2 Å². The van der Waals surface area contributed by atoms with Crippen molar-refractivity contribution in [1.82, 2.24) is 9.55 Å². The van der Waals surface area contributed by atoms with E-state index in [0.29, 0.717) is 11.3 Å². The Morgan fingerprint density at radius 2 is 1.86 bits per heavy atom. The molecular formula is C18H15F3N4O3. The van der Waals surface area contributed by atoms with Gasteiger partial charge in [-0.15, -0.1) is 0 Å². The van der Waals surface area contributed by atoms with Gasteiger partial charge in [-0.25, -0.2) is 9.78 Å². The number of carbonyl (C=O) groups excluding carboxylic acids is 1. The number of aromatic nitrogens is 2. The molecule has 0 aliphatic carbocycles. The summed E-state index contributed by atoms with van der Waals surface area (Å²) in [4.78, 5) is 28.8. The second-order valence-corrected chi connectivity index (χ2v) is 6.03. The highest BCUT2D eigenvalue weighted by Crippen LogP contribution is 2.32. The van der Waals surface area contributed by atoms with Gasteiger partial charge in [0.2, 0.25) is 0 Å². The van der Waals surface area contributed by atoms with Crippen LogP contribution in [0.4, 0.5) is 24.5 Å². The number of benzene rings is 1. The van der Waals surface area contributed by atoms with E-state index in [1.807, 2.05) is 0 Å². The maximum absolute atomic E-state index is 13.2. The molecule has 7 nitrogen and oxygen atoms in total. The number of nitrogens with two attached hydrogens (primary N) is 2. The van der Waals surface area contributed by atoms with Gasteiger partial charge in [-0.05, 0) is 42.8 Å². The first-order valence-corrected chi connectivity index (χ1v) is 7.93. The average molecular weight is 392 g/mol. The number of anilines is 2. The molecule has 4 N–H and O–H groups in total. The number of aryl methyl sites for hydroxylation is 1. The summed E-state index contributed by atoms with van der Waals surface area (Å²) in [5, 5.41) is 0.00391. The average Bonchev–Trinajstić information content (AvgIpc) is 2.62. The first-order valence-electron chi connectivity index (χ1n) is 7.93. The van der Waals surface area contributed by atoms with Crippen molar-refractivity contribution in [2.45, 2.75) is 13.1 Å². The monoisotopic (exact) mass is 392 g/mol. The quantitative estimate of drug-likeness (QED) is 0.512. The van der Waals surface area contributed by atoms with E-state index in [2.05, 4.69) is 9.72 Å². The zero-order valence-corrected chi connectivity index (χ0v) is 14.8. The topological polar surface area (TPSA) is 113 Å². The van der Waals surface area contributed by atoms with Crippen molar-refractivity contribution >= 4 is 28.4 Å². The summed E-state index contributed by atoms with van der Waals surface area (Å²) in [5.41, 5.74) is 9.43. The number of hydrogen-bond donors (Lipinski definition) is 2. The van der Waals surface area contributed by atoms with E-state index >= 15 is 0 Å². The van der Waals surface area contributed by atoms with Crippen LogP contribution in [0.2, 0.25) is 0 Å². The first-order chi connectivity index (χ1) is 13.1. The fourth-order valence-corrected chi connectivity index (χ4v) is 2.90. The molecule has 0 amide bonds. The molecule has 146 valence electrons. The number of nitrogen functional groups attached to an aromatic ring is 2. The minimum Gasteiger partial charge on any atom is -0.465 e. The number of ether oxygens (including phenoxy) is 1. The van der Waals surface area contributed by atoms with Crippen molar-refractivity contribution in [2.75, 3.05) is 18.6 Å². The maximum Gasteiger partial charge on any atom is 0.433 e. The molecule has 0 spiro atoms. The number of pyridine rings is 2. The molecule has 0 aliphatic rings. The molecule has 0 unspecified atom stereocenters. The lowest BCUT2D eigenvalue weighted by Gasteiger charge is -2.17. The van der Waals surface area contributed by atoms with Crippen LogP contribution in [-0.2, 0) is 10.9 Å². The summed E-state index contributed by atoms with van der Waals surface area (Å²) >= 11 is 0. The molecular weight excluding hydrogens is 377 g/mol. The molecule has 2 aromatic heterocycles. The van der Waals surface area contributed by atoms with E-state index in [-0.39, 0.29) is 22.4 Å². The van der Waals surface area contributed by atoms with E-state index in [4.69, 9.17) is 11.5 Å². The minimum atomic E-state index is -4.74. The van der Waals surface area contributed by atoms with Crippen LogP contribution in [0.1, 0.15) is 21.6 Å². The fourth-order valence-electron chi connectivity index (χ4n) is 2.90. The van der Waals surface area contributed by atoms with E-state index in [9.17, 15) is 22.8 Å². The normalized spacial score (nSPS) is 11.6. The molecule has 0 radical (unpaired) electrons. The van der Waals surface area contributed by atoms with Crippen LogP contribution in [0, 0.1) is 6.92 Å². The van der Waals surface area contributed by atoms with Crippen LogP contribution in [0.25, 0.3) is 16.7 Å². The van der Waals surface area contributed by atoms with Crippen LogP contribution in [-0.4, -0.2) is 22.6 Å². The Balaban J connectivity index is 2.54. The number of alkyl halides is 3. The summed E-state index contributed by atoms with van der Waals surface area (Å²) in [6.07, 6.45) is -4.74. The Morgan fingerprint density at radius 1 is 1.18 bits per heavy atom. The van der Waals surface area contributed by atoms with E-state index in [0.717, 1.165) is 23.8 Å². The fraction of sp³-hybridized carbons (Fsp3) is 0.167. The second kappa shape index (κ2) is 6.55. The number of nitrogens with zero attached hydrogens (tertiary/aromatic N) is 2. The molecule has 0 saturated heterocycles.